The van der Waals surface area contributed by atoms with E-state index in [9.17, 15) is 22.4 Å². The first-order chi connectivity index (χ1) is 7.38. The van der Waals surface area contributed by atoms with Gasteiger partial charge in [-0.2, -0.15) is 13.2 Å². The van der Waals surface area contributed by atoms with Gasteiger partial charge in [-0.15, -0.1) is 0 Å². The van der Waals surface area contributed by atoms with Gasteiger partial charge in [0, 0.05) is 6.42 Å². The minimum atomic E-state index is -4.51. The number of carbonyl (C=O) groups is 1. The molecule has 1 atom stereocenters. The van der Waals surface area contributed by atoms with Crippen LogP contribution in [0.5, 0.6) is 5.75 Å². The van der Waals surface area contributed by atoms with Crippen LogP contribution in [0.2, 0.25) is 0 Å². The lowest BCUT2D eigenvalue weighted by atomic mass is 10.0. The van der Waals surface area contributed by atoms with E-state index >= 15 is 0 Å². The average Bonchev–Trinajstić information content (AvgIpc) is 2.17. The van der Waals surface area contributed by atoms with Gasteiger partial charge in [0.2, 0.25) is 6.17 Å². The Bertz CT molecular complexity index is 439. The third kappa shape index (κ3) is 1.87. The third-order valence-corrected chi connectivity index (χ3v) is 2.26. The molecule has 1 aliphatic rings. The van der Waals surface area contributed by atoms with Crippen LogP contribution in [-0.2, 0) is 17.4 Å². The molecule has 1 heterocycles. The summed E-state index contributed by atoms with van der Waals surface area (Å²) in [5.41, 5.74) is -0.656. The first-order valence-electron chi connectivity index (χ1n) is 4.44. The standard InChI is InChI=1S/C10H6F4O2/c11-7-3-5-1-2-6(10(12,13)14)4-8(5)16-9(7)15/h1-2,4,7H,3H2/t7-/m0/s1. The summed E-state index contributed by atoms with van der Waals surface area (Å²) in [5.74, 6) is -1.36. The molecule has 1 aromatic carbocycles. The highest BCUT2D eigenvalue weighted by Crippen LogP contribution is 2.35. The number of alkyl halides is 4. The van der Waals surface area contributed by atoms with Gasteiger partial charge in [-0.25, -0.2) is 9.18 Å². The van der Waals surface area contributed by atoms with Crippen molar-refractivity contribution >= 4 is 5.97 Å². The smallest absolute Gasteiger partial charge is 0.416 e. The summed E-state index contributed by atoms with van der Waals surface area (Å²) in [5, 5.41) is 0. The lowest BCUT2D eigenvalue weighted by molar-refractivity contribution is -0.142. The first kappa shape index (κ1) is 10.9. The zero-order valence-corrected chi connectivity index (χ0v) is 7.84. The molecule has 0 bridgehead atoms. The van der Waals surface area contributed by atoms with Gasteiger partial charge in [0.1, 0.15) is 5.75 Å². The molecule has 2 rings (SSSR count). The highest BCUT2D eigenvalue weighted by Gasteiger charge is 2.34. The number of carbonyl (C=O) groups excluding carboxylic acids is 1. The minimum absolute atomic E-state index is 0.214. The highest BCUT2D eigenvalue weighted by molar-refractivity contribution is 5.80. The maximum atomic E-state index is 12.9. The van der Waals surface area contributed by atoms with E-state index in [-0.39, 0.29) is 17.7 Å². The second kappa shape index (κ2) is 3.47. The van der Waals surface area contributed by atoms with E-state index in [2.05, 4.69) is 4.74 Å². The maximum absolute atomic E-state index is 12.9. The molecule has 0 saturated heterocycles. The Kier molecular flexibility index (Phi) is 2.36. The molecule has 0 radical (unpaired) electrons. The molecular weight excluding hydrogens is 228 g/mol. The summed E-state index contributed by atoms with van der Waals surface area (Å²) in [4.78, 5) is 10.8. The molecule has 16 heavy (non-hydrogen) atoms. The van der Waals surface area contributed by atoms with Crippen LogP contribution in [0.1, 0.15) is 11.1 Å². The Labute approximate surface area is 87.8 Å². The largest absolute Gasteiger partial charge is 0.424 e. The fraction of sp³-hybridized carbons (Fsp3) is 0.300. The number of fused-ring (bicyclic) bond motifs is 1. The number of benzene rings is 1. The molecule has 0 unspecified atom stereocenters. The molecule has 1 aliphatic heterocycles. The van der Waals surface area contributed by atoms with Gasteiger partial charge in [0.05, 0.1) is 5.56 Å². The van der Waals surface area contributed by atoms with Crippen molar-refractivity contribution in [3.63, 3.8) is 0 Å². The van der Waals surface area contributed by atoms with Crippen molar-refractivity contribution in [3.05, 3.63) is 29.3 Å². The minimum Gasteiger partial charge on any atom is -0.424 e. The van der Waals surface area contributed by atoms with E-state index in [1.807, 2.05) is 0 Å². The SMILES string of the molecule is O=C1Oc2cc(C(F)(F)F)ccc2C[C@@H]1F. The normalized spacial score (nSPS) is 20.2. The molecule has 86 valence electrons. The Hall–Kier alpha value is -1.59. The number of hydrogen-bond donors (Lipinski definition) is 0. The van der Waals surface area contributed by atoms with E-state index in [0.717, 1.165) is 12.1 Å². The quantitative estimate of drug-likeness (QED) is 0.391. The topological polar surface area (TPSA) is 26.3 Å². The predicted molar refractivity (Wildman–Crippen MR) is 45.7 cm³/mol. The molecule has 0 N–H and O–H groups in total. The second-order valence-corrected chi connectivity index (χ2v) is 3.41. The number of ether oxygens (including phenoxy) is 1. The molecule has 0 aromatic heterocycles. The fourth-order valence-corrected chi connectivity index (χ4v) is 1.44. The molecule has 0 saturated carbocycles. The predicted octanol–water partition coefficient (Wildman–Crippen LogP) is 2.51. The van der Waals surface area contributed by atoms with E-state index in [4.69, 9.17) is 0 Å². The van der Waals surface area contributed by atoms with Gasteiger partial charge in [0.25, 0.3) is 0 Å². The lowest BCUT2D eigenvalue weighted by Crippen LogP contribution is -2.29. The Morgan fingerprint density at radius 1 is 1.31 bits per heavy atom. The zero-order chi connectivity index (χ0) is 11.9. The summed E-state index contributed by atoms with van der Waals surface area (Å²) in [7, 11) is 0. The molecule has 0 amide bonds. The summed E-state index contributed by atoms with van der Waals surface area (Å²) in [6.45, 7) is 0. The van der Waals surface area contributed by atoms with Crippen molar-refractivity contribution in [3.8, 4) is 5.75 Å². The van der Waals surface area contributed by atoms with Gasteiger partial charge in [-0.1, -0.05) is 6.07 Å². The number of rotatable bonds is 0. The van der Waals surface area contributed by atoms with Gasteiger partial charge in [0.15, 0.2) is 0 Å². The van der Waals surface area contributed by atoms with Crippen molar-refractivity contribution in [1.29, 1.82) is 0 Å². The number of hydrogen-bond acceptors (Lipinski definition) is 2. The van der Waals surface area contributed by atoms with Crippen LogP contribution in [0.3, 0.4) is 0 Å². The molecular formula is C10H6F4O2. The van der Waals surface area contributed by atoms with Gasteiger partial charge < -0.3 is 4.74 Å². The summed E-state index contributed by atoms with van der Waals surface area (Å²) in [6.07, 6.45) is -6.55. The van der Waals surface area contributed by atoms with Gasteiger partial charge in [-0.3, -0.25) is 0 Å². The summed E-state index contributed by atoms with van der Waals surface area (Å²) >= 11 is 0. The van der Waals surface area contributed by atoms with E-state index in [1.165, 1.54) is 0 Å². The van der Waals surface area contributed by atoms with E-state index < -0.39 is 23.9 Å². The van der Waals surface area contributed by atoms with E-state index in [0.29, 0.717) is 6.07 Å². The van der Waals surface area contributed by atoms with Crippen LogP contribution in [0.15, 0.2) is 18.2 Å². The van der Waals surface area contributed by atoms with Crippen molar-refractivity contribution < 1.29 is 27.1 Å². The Morgan fingerprint density at radius 3 is 2.62 bits per heavy atom. The lowest BCUT2D eigenvalue weighted by Gasteiger charge is -2.19. The Morgan fingerprint density at radius 2 is 2.00 bits per heavy atom. The highest BCUT2D eigenvalue weighted by atomic mass is 19.4. The number of halogens is 4. The fourth-order valence-electron chi connectivity index (χ4n) is 1.44. The molecule has 0 aliphatic carbocycles. The van der Waals surface area contributed by atoms with Crippen LogP contribution < -0.4 is 4.74 Å². The zero-order valence-electron chi connectivity index (χ0n) is 7.84. The van der Waals surface area contributed by atoms with Crippen LogP contribution in [0, 0.1) is 0 Å². The maximum Gasteiger partial charge on any atom is 0.416 e. The van der Waals surface area contributed by atoms with E-state index in [1.54, 1.807) is 0 Å². The molecule has 1 aromatic rings. The molecule has 0 fully saturated rings. The summed E-state index contributed by atoms with van der Waals surface area (Å²) in [6, 6.07) is 2.67. The van der Waals surface area contributed by atoms with Crippen LogP contribution in [0.25, 0.3) is 0 Å². The Balaban J connectivity index is 2.40. The average molecular weight is 234 g/mol. The van der Waals surface area contributed by atoms with Crippen molar-refractivity contribution in [2.45, 2.75) is 18.8 Å². The summed E-state index contributed by atoms with van der Waals surface area (Å²) < 4.78 is 54.3. The van der Waals surface area contributed by atoms with Gasteiger partial charge >= 0.3 is 12.1 Å². The van der Waals surface area contributed by atoms with Crippen LogP contribution in [-0.4, -0.2) is 12.1 Å². The van der Waals surface area contributed by atoms with Crippen molar-refractivity contribution in [1.82, 2.24) is 0 Å². The van der Waals surface area contributed by atoms with Crippen LogP contribution in [0.4, 0.5) is 17.6 Å². The molecule has 6 heteroatoms. The monoisotopic (exact) mass is 234 g/mol. The second-order valence-electron chi connectivity index (χ2n) is 3.41. The molecule has 0 spiro atoms. The molecule has 2 nitrogen and oxygen atoms in total. The first-order valence-corrected chi connectivity index (χ1v) is 4.44. The van der Waals surface area contributed by atoms with Crippen LogP contribution >= 0.6 is 0 Å². The van der Waals surface area contributed by atoms with Crippen molar-refractivity contribution in [2.24, 2.45) is 0 Å². The van der Waals surface area contributed by atoms with Gasteiger partial charge in [-0.05, 0) is 17.7 Å². The number of esters is 1. The third-order valence-electron chi connectivity index (χ3n) is 2.26. The van der Waals surface area contributed by atoms with Crippen molar-refractivity contribution in [2.75, 3.05) is 0 Å².